The Morgan fingerprint density at radius 1 is 1.05 bits per heavy atom. The highest BCUT2D eigenvalue weighted by molar-refractivity contribution is 4.83. The second kappa shape index (κ2) is 8.23. The van der Waals surface area contributed by atoms with Crippen LogP contribution in [0.3, 0.4) is 0 Å². The fourth-order valence-electron chi connectivity index (χ4n) is 3.28. The van der Waals surface area contributed by atoms with Gasteiger partial charge in [0.05, 0.1) is 0 Å². The normalized spacial score (nSPS) is 24.5. The van der Waals surface area contributed by atoms with Crippen molar-refractivity contribution < 1.29 is 0 Å². The Kier molecular flexibility index (Phi) is 6.62. The van der Waals surface area contributed by atoms with Crippen molar-refractivity contribution in [2.24, 2.45) is 0 Å². The summed E-state index contributed by atoms with van der Waals surface area (Å²) >= 11 is 0. The van der Waals surface area contributed by atoms with E-state index in [9.17, 15) is 0 Å². The summed E-state index contributed by atoms with van der Waals surface area (Å²) in [6.07, 6.45) is 8.36. The highest BCUT2D eigenvalue weighted by Crippen LogP contribution is 2.18. The quantitative estimate of drug-likeness (QED) is 0.613. The van der Waals surface area contributed by atoms with Gasteiger partial charge in [-0.25, -0.2) is 0 Å². The fourth-order valence-corrected chi connectivity index (χ4v) is 3.28. The van der Waals surface area contributed by atoms with Gasteiger partial charge in [0.1, 0.15) is 0 Å². The van der Waals surface area contributed by atoms with E-state index in [1.807, 2.05) is 0 Å². The Balaban J connectivity index is 1.47. The Labute approximate surface area is 119 Å². The van der Waals surface area contributed by atoms with E-state index in [2.05, 4.69) is 29.0 Å². The van der Waals surface area contributed by atoms with Gasteiger partial charge in [-0.05, 0) is 64.8 Å². The standard InChI is InChI=1S/C16H33N3/c1-3-19(4-2)16-10-13-18(14-16)12-7-5-6-11-17-15-8-9-15/h15-17H,3-14H2,1-2H3. The van der Waals surface area contributed by atoms with Gasteiger partial charge >= 0.3 is 0 Å². The van der Waals surface area contributed by atoms with E-state index in [1.165, 1.54) is 77.8 Å². The van der Waals surface area contributed by atoms with Crippen molar-refractivity contribution in [3.63, 3.8) is 0 Å². The fraction of sp³-hybridized carbons (Fsp3) is 1.00. The van der Waals surface area contributed by atoms with Crippen LogP contribution in [0.1, 0.15) is 52.4 Å². The van der Waals surface area contributed by atoms with Crippen LogP contribution in [-0.4, -0.2) is 61.2 Å². The number of likely N-dealkylation sites (N-methyl/N-ethyl adjacent to an activating group) is 1. The smallest absolute Gasteiger partial charge is 0.0235 e. The number of hydrogen-bond donors (Lipinski definition) is 1. The molecule has 112 valence electrons. The molecular formula is C16H33N3. The zero-order valence-corrected chi connectivity index (χ0v) is 13.0. The van der Waals surface area contributed by atoms with Crippen LogP contribution in [-0.2, 0) is 0 Å². The maximum Gasteiger partial charge on any atom is 0.0235 e. The summed E-state index contributed by atoms with van der Waals surface area (Å²) in [6.45, 7) is 12.2. The largest absolute Gasteiger partial charge is 0.314 e. The van der Waals surface area contributed by atoms with E-state index in [0.717, 1.165) is 12.1 Å². The molecule has 0 bridgehead atoms. The molecule has 1 atom stereocenters. The number of nitrogens with one attached hydrogen (secondary N) is 1. The van der Waals surface area contributed by atoms with Crippen LogP contribution in [0.4, 0.5) is 0 Å². The van der Waals surface area contributed by atoms with Crippen LogP contribution < -0.4 is 5.32 Å². The van der Waals surface area contributed by atoms with Gasteiger partial charge in [-0.2, -0.15) is 0 Å². The zero-order chi connectivity index (χ0) is 13.5. The monoisotopic (exact) mass is 267 g/mol. The number of unbranched alkanes of at least 4 members (excludes halogenated alkanes) is 2. The summed E-state index contributed by atoms with van der Waals surface area (Å²) in [7, 11) is 0. The minimum absolute atomic E-state index is 0.825. The van der Waals surface area contributed by atoms with Gasteiger partial charge in [-0.1, -0.05) is 20.3 Å². The minimum Gasteiger partial charge on any atom is -0.314 e. The van der Waals surface area contributed by atoms with E-state index in [1.54, 1.807) is 0 Å². The average Bonchev–Trinajstić information content (AvgIpc) is 3.14. The van der Waals surface area contributed by atoms with Crippen molar-refractivity contribution in [1.82, 2.24) is 15.1 Å². The van der Waals surface area contributed by atoms with Crippen molar-refractivity contribution in [2.45, 2.75) is 64.5 Å². The van der Waals surface area contributed by atoms with Gasteiger partial charge in [0, 0.05) is 18.6 Å². The lowest BCUT2D eigenvalue weighted by molar-refractivity contribution is 0.210. The maximum atomic E-state index is 3.60. The summed E-state index contributed by atoms with van der Waals surface area (Å²) in [5, 5.41) is 3.60. The van der Waals surface area contributed by atoms with Crippen molar-refractivity contribution in [2.75, 3.05) is 39.3 Å². The van der Waals surface area contributed by atoms with Crippen LogP contribution in [0, 0.1) is 0 Å². The van der Waals surface area contributed by atoms with Crippen LogP contribution in [0.2, 0.25) is 0 Å². The topological polar surface area (TPSA) is 18.5 Å². The first kappa shape index (κ1) is 15.3. The molecule has 1 heterocycles. The summed E-state index contributed by atoms with van der Waals surface area (Å²) in [4.78, 5) is 5.30. The molecule has 0 radical (unpaired) electrons. The van der Waals surface area contributed by atoms with E-state index in [-0.39, 0.29) is 0 Å². The lowest BCUT2D eigenvalue weighted by Gasteiger charge is -2.26. The van der Waals surface area contributed by atoms with Crippen LogP contribution in [0.15, 0.2) is 0 Å². The van der Waals surface area contributed by atoms with Crippen LogP contribution in [0.25, 0.3) is 0 Å². The van der Waals surface area contributed by atoms with Gasteiger partial charge < -0.3 is 10.2 Å². The van der Waals surface area contributed by atoms with E-state index in [4.69, 9.17) is 0 Å². The Hall–Kier alpha value is -0.120. The zero-order valence-electron chi connectivity index (χ0n) is 13.0. The first-order valence-electron chi connectivity index (χ1n) is 8.53. The molecule has 1 aliphatic heterocycles. The molecule has 0 aromatic rings. The highest BCUT2D eigenvalue weighted by atomic mass is 15.2. The highest BCUT2D eigenvalue weighted by Gasteiger charge is 2.25. The number of likely N-dealkylation sites (tertiary alicyclic amines) is 1. The van der Waals surface area contributed by atoms with E-state index in [0.29, 0.717) is 0 Å². The third-order valence-electron chi connectivity index (χ3n) is 4.74. The van der Waals surface area contributed by atoms with Crippen molar-refractivity contribution in [3.8, 4) is 0 Å². The van der Waals surface area contributed by atoms with E-state index >= 15 is 0 Å². The molecular weight excluding hydrogens is 234 g/mol. The maximum absolute atomic E-state index is 3.60. The third kappa shape index (κ3) is 5.41. The number of hydrogen-bond acceptors (Lipinski definition) is 3. The molecule has 0 spiro atoms. The molecule has 1 aliphatic carbocycles. The lowest BCUT2D eigenvalue weighted by Crippen LogP contribution is -2.37. The van der Waals surface area contributed by atoms with Gasteiger partial charge in [0.2, 0.25) is 0 Å². The van der Waals surface area contributed by atoms with Gasteiger partial charge in [0.15, 0.2) is 0 Å². The third-order valence-corrected chi connectivity index (χ3v) is 4.74. The van der Waals surface area contributed by atoms with Crippen LogP contribution >= 0.6 is 0 Å². The molecule has 3 nitrogen and oxygen atoms in total. The molecule has 0 aromatic carbocycles. The van der Waals surface area contributed by atoms with Crippen molar-refractivity contribution >= 4 is 0 Å². The van der Waals surface area contributed by atoms with Gasteiger partial charge in [-0.3, -0.25) is 4.90 Å². The molecule has 3 heteroatoms. The van der Waals surface area contributed by atoms with E-state index < -0.39 is 0 Å². The summed E-state index contributed by atoms with van der Waals surface area (Å²) in [6, 6.07) is 1.71. The first-order chi connectivity index (χ1) is 9.33. The summed E-state index contributed by atoms with van der Waals surface area (Å²) in [5.41, 5.74) is 0. The minimum atomic E-state index is 0.825. The first-order valence-corrected chi connectivity index (χ1v) is 8.53. The predicted octanol–water partition coefficient (Wildman–Crippen LogP) is 2.32. The lowest BCUT2D eigenvalue weighted by atomic mass is 10.2. The summed E-state index contributed by atoms with van der Waals surface area (Å²) in [5.74, 6) is 0. The second-order valence-corrected chi connectivity index (χ2v) is 6.25. The Morgan fingerprint density at radius 2 is 1.84 bits per heavy atom. The predicted molar refractivity (Wildman–Crippen MR) is 82.6 cm³/mol. The van der Waals surface area contributed by atoms with Crippen molar-refractivity contribution in [3.05, 3.63) is 0 Å². The molecule has 0 amide bonds. The molecule has 2 aliphatic rings. The molecule has 19 heavy (non-hydrogen) atoms. The SMILES string of the molecule is CCN(CC)C1CCN(CCCCCNC2CC2)C1. The number of nitrogens with zero attached hydrogens (tertiary/aromatic N) is 2. The molecule has 1 saturated heterocycles. The van der Waals surface area contributed by atoms with Gasteiger partial charge in [-0.15, -0.1) is 0 Å². The van der Waals surface area contributed by atoms with Crippen molar-refractivity contribution in [1.29, 1.82) is 0 Å². The van der Waals surface area contributed by atoms with Crippen LogP contribution in [0.5, 0.6) is 0 Å². The molecule has 2 fully saturated rings. The average molecular weight is 267 g/mol. The second-order valence-electron chi connectivity index (χ2n) is 6.25. The number of rotatable bonds is 10. The summed E-state index contributed by atoms with van der Waals surface area (Å²) < 4.78 is 0. The Bertz CT molecular complexity index is 236. The molecule has 2 rings (SSSR count). The molecule has 1 N–H and O–H groups in total. The Morgan fingerprint density at radius 3 is 2.53 bits per heavy atom. The molecule has 0 aromatic heterocycles. The molecule has 1 saturated carbocycles. The molecule has 1 unspecified atom stereocenters. The van der Waals surface area contributed by atoms with Gasteiger partial charge in [0.25, 0.3) is 0 Å².